The Morgan fingerprint density at radius 2 is 2.11 bits per heavy atom. The molecule has 0 spiro atoms. The van der Waals surface area contributed by atoms with E-state index in [-0.39, 0.29) is 0 Å². The Morgan fingerprint density at radius 3 is 2.84 bits per heavy atom. The lowest BCUT2D eigenvalue weighted by atomic mass is 10.2. The summed E-state index contributed by atoms with van der Waals surface area (Å²) in [7, 11) is 1.72. The van der Waals surface area contributed by atoms with Crippen molar-refractivity contribution in [1.29, 1.82) is 0 Å². The van der Waals surface area contributed by atoms with Gasteiger partial charge in [-0.3, -0.25) is 0 Å². The van der Waals surface area contributed by atoms with Gasteiger partial charge in [0.1, 0.15) is 5.75 Å². The number of benzene rings is 1. The molecule has 2 rings (SSSR count). The molecule has 4 heteroatoms. The number of rotatable bonds is 7. The third-order valence-corrected chi connectivity index (χ3v) is 3.91. The van der Waals surface area contributed by atoms with Crippen molar-refractivity contribution in [2.24, 2.45) is 0 Å². The summed E-state index contributed by atoms with van der Waals surface area (Å²) in [5, 5.41) is 3.37. The van der Waals surface area contributed by atoms with Crippen LogP contribution in [0, 0.1) is 0 Å². The van der Waals surface area contributed by atoms with Crippen molar-refractivity contribution >= 4 is 15.9 Å². The third kappa shape index (κ3) is 4.79. The zero-order chi connectivity index (χ0) is 13.5. The van der Waals surface area contributed by atoms with Gasteiger partial charge in [0.05, 0.1) is 12.7 Å². The first-order valence-electron chi connectivity index (χ1n) is 6.94. The minimum Gasteiger partial charge on any atom is -0.490 e. The Kier molecular flexibility index (Phi) is 6.14. The van der Waals surface area contributed by atoms with E-state index in [9.17, 15) is 0 Å². The lowest BCUT2D eigenvalue weighted by Gasteiger charge is -2.17. The molecular formula is C15H22BrNO2. The Hall–Kier alpha value is -0.580. The van der Waals surface area contributed by atoms with Gasteiger partial charge in [-0.1, -0.05) is 15.9 Å². The minimum atomic E-state index is 0.402. The van der Waals surface area contributed by atoms with E-state index in [1.807, 2.05) is 6.07 Å². The largest absolute Gasteiger partial charge is 0.490 e. The van der Waals surface area contributed by atoms with Crippen LogP contribution in [-0.4, -0.2) is 26.4 Å². The smallest absolute Gasteiger partial charge is 0.124 e. The highest BCUT2D eigenvalue weighted by Crippen LogP contribution is 2.28. The second-order valence-electron chi connectivity index (χ2n) is 4.95. The predicted octanol–water partition coefficient (Wildman–Crippen LogP) is 3.51. The molecule has 0 heterocycles. The fraction of sp³-hybridized carbons (Fsp3) is 0.600. The van der Waals surface area contributed by atoms with Crippen LogP contribution in [0.4, 0.5) is 0 Å². The minimum absolute atomic E-state index is 0.402. The summed E-state index contributed by atoms with van der Waals surface area (Å²) in [4.78, 5) is 0. The molecule has 0 amide bonds. The molecule has 106 valence electrons. The van der Waals surface area contributed by atoms with Crippen molar-refractivity contribution in [3.05, 3.63) is 28.2 Å². The molecule has 0 bridgehead atoms. The van der Waals surface area contributed by atoms with Crippen LogP contribution in [0.1, 0.15) is 31.2 Å². The van der Waals surface area contributed by atoms with E-state index in [1.165, 1.54) is 31.2 Å². The van der Waals surface area contributed by atoms with E-state index < -0.39 is 0 Å². The Morgan fingerprint density at radius 1 is 1.32 bits per heavy atom. The molecule has 0 radical (unpaired) electrons. The van der Waals surface area contributed by atoms with E-state index >= 15 is 0 Å². The molecule has 1 aliphatic carbocycles. The number of methoxy groups -OCH3 is 1. The van der Waals surface area contributed by atoms with Crippen LogP contribution in [0.25, 0.3) is 0 Å². The van der Waals surface area contributed by atoms with Crippen LogP contribution in [0.3, 0.4) is 0 Å². The van der Waals surface area contributed by atoms with E-state index in [1.54, 1.807) is 7.11 Å². The Balaban J connectivity index is 1.95. The van der Waals surface area contributed by atoms with Crippen molar-refractivity contribution in [3.63, 3.8) is 0 Å². The lowest BCUT2D eigenvalue weighted by Crippen LogP contribution is -2.20. The first-order valence-corrected chi connectivity index (χ1v) is 7.73. The van der Waals surface area contributed by atoms with Gasteiger partial charge in [0.15, 0.2) is 0 Å². The number of halogens is 1. The molecule has 0 unspecified atom stereocenters. The van der Waals surface area contributed by atoms with Crippen LogP contribution in [0.15, 0.2) is 22.7 Å². The van der Waals surface area contributed by atoms with Gasteiger partial charge in [0, 0.05) is 30.2 Å². The van der Waals surface area contributed by atoms with Crippen LogP contribution in [0.5, 0.6) is 5.75 Å². The molecule has 1 aromatic rings. The summed E-state index contributed by atoms with van der Waals surface area (Å²) in [6.45, 7) is 2.39. The Bertz CT molecular complexity index is 392. The fourth-order valence-corrected chi connectivity index (χ4v) is 2.79. The van der Waals surface area contributed by atoms with Gasteiger partial charge in [-0.05, 0) is 43.9 Å². The summed E-state index contributed by atoms with van der Waals surface area (Å²) in [6.07, 6.45) is 5.36. The van der Waals surface area contributed by atoms with Gasteiger partial charge < -0.3 is 14.8 Å². The number of nitrogens with one attached hydrogen (secondary N) is 1. The normalized spacial score (nSPS) is 15.9. The molecule has 1 fully saturated rings. The summed E-state index contributed by atoms with van der Waals surface area (Å²) in [5.74, 6) is 1.01. The van der Waals surface area contributed by atoms with E-state index in [2.05, 4.69) is 33.4 Å². The first-order chi connectivity index (χ1) is 9.29. The standard InChI is InChI=1S/C15H22BrNO2/c1-18-9-8-17-11-12-10-13(16)6-7-15(12)19-14-4-2-3-5-14/h6-7,10,14,17H,2-5,8-9,11H2,1H3. The van der Waals surface area contributed by atoms with E-state index in [0.717, 1.165) is 29.9 Å². The summed E-state index contributed by atoms with van der Waals surface area (Å²) >= 11 is 3.52. The topological polar surface area (TPSA) is 30.5 Å². The zero-order valence-electron chi connectivity index (χ0n) is 11.5. The average molecular weight is 328 g/mol. The molecule has 0 aromatic heterocycles. The van der Waals surface area contributed by atoms with Gasteiger partial charge in [-0.2, -0.15) is 0 Å². The molecule has 1 aromatic carbocycles. The van der Waals surface area contributed by atoms with Crippen LogP contribution >= 0.6 is 15.9 Å². The van der Waals surface area contributed by atoms with E-state index in [4.69, 9.17) is 9.47 Å². The maximum absolute atomic E-state index is 6.13. The zero-order valence-corrected chi connectivity index (χ0v) is 13.0. The summed E-state index contributed by atoms with van der Waals surface area (Å²) < 4.78 is 12.3. The lowest BCUT2D eigenvalue weighted by molar-refractivity contribution is 0.197. The molecule has 0 saturated heterocycles. The highest BCUT2D eigenvalue weighted by atomic mass is 79.9. The first kappa shape index (κ1) is 14.8. The van der Waals surface area contributed by atoms with Gasteiger partial charge in [0.25, 0.3) is 0 Å². The number of hydrogen-bond donors (Lipinski definition) is 1. The molecule has 1 saturated carbocycles. The van der Waals surface area contributed by atoms with Crippen molar-refractivity contribution < 1.29 is 9.47 Å². The quantitative estimate of drug-likeness (QED) is 0.777. The molecule has 1 aliphatic rings. The van der Waals surface area contributed by atoms with Crippen molar-refractivity contribution in [1.82, 2.24) is 5.32 Å². The maximum Gasteiger partial charge on any atom is 0.124 e. The second kappa shape index (κ2) is 7.88. The summed E-state index contributed by atoms with van der Waals surface area (Å²) in [5.41, 5.74) is 1.21. The third-order valence-electron chi connectivity index (χ3n) is 3.42. The van der Waals surface area contributed by atoms with Gasteiger partial charge in [-0.15, -0.1) is 0 Å². The Labute approximate surface area is 123 Å². The molecule has 0 atom stereocenters. The van der Waals surface area contributed by atoms with Gasteiger partial charge in [0.2, 0.25) is 0 Å². The molecule has 19 heavy (non-hydrogen) atoms. The molecule has 3 nitrogen and oxygen atoms in total. The van der Waals surface area contributed by atoms with Crippen LogP contribution in [0.2, 0.25) is 0 Å². The summed E-state index contributed by atoms with van der Waals surface area (Å²) in [6, 6.07) is 6.24. The highest BCUT2D eigenvalue weighted by Gasteiger charge is 2.17. The predicted molar refractivity (Wildman–Crippen MR) is 80.6 cm³/mol. The maximum atomic E-state index is 6.13. The monoisotopic (exact) mass is 327 g/mol. The fourth-order valence-electron chi connectivity index (χ4n) is 2.38. The van der Waals surface area contributed by atoms with Crippen LogP contribution < -0.4 is 10.1 Å². The SMILES string of the molecule is COCCNCc1cc(Br)ccc1OC1CCCC1. The van der Waals surface area contributed by atoms with Crippen LogP contribution in [-0.2, 0) is 11.3 Å². The highest BCUT2D eigenvalue weighted by molar-refractivity contribution is 9.10. The molecule has 0 aliphatic heterocycles. The van der Waals surface area contributed by atoms with E-state index in [0.29, 0.717) is 6.10 Å². The van der Waals surface area contributed by atoms with Crippen molar-refractivity contribution in [2.45, 2.75) is 38.3 Å². The van der Waals surface area contributed by atoms with Crippen molar-refractivity contribution in [3.8, 4) is 5.75 Å². The van der Waals surface area contributed by atoms with Gasteiger partial charge in [-0.25, -0.2) is 0 Å². The van der Waals surface area contributed by atoms with Gasteiger partial charge >= 0.3 is 0 Å². The molecule has 1 N–H and O–H groups in total. The number of hydrogen-bond acceptors (Lipinski definition) is 3. The molecular weight excluding hydrogens is 306 g/mol. The number of ether oxygens (including phenoxy) is 2. The average Bonchev–Trinajstić information content (AvgIpc) is 2.90. The van der Waals surface area contributed by atoms with Crippen molar-refractivity contribution in [2.75, 3.05) is 20.3 Å². The second-order valence-corrected chi connectivity index (χ2v) is 5.86.